The summed E-state index contributed by atoms with van der Waals surface area (Å²) in [5.41, 5.74) is 2.87. The van der Waals surface area contributed by atoms with Crippen LogP contribution in [-0.4, -0.2) is 43.0 Å². The first kappa shape index (κ1) is 20.1. The summed E-state index contributed by atoms with van der Waals surface area (Å²) in [6.07, 6.45) is 2.75. The van der Waals surface area contributed by atoms with E-state index in [1.54, 1.807) is 6.92 Å². The summed E-state index contributed by atoms with van der Waals surface area (Å²) in [4.78, 5) is 26.4. The number of benzene rings is 2. The van der Waals surface area contributed by atoms with Crippen molar-refractivity contribution >= 4 is 17.6 Å². The second kappa shape index (κ2) is 10.0. The van der Waals surface area contributed by atoms with Gasteiger partial charge in [-0.25, -0.2) is 0 Å². The maximum Gasteiger partial charge on any atom is 0.320 e. The summed E-state index contributed by atoms with van der Waals surface area (Å²) in [5.74, 6) is 0.377. The number of nitrogens with one attached hydrogen (secondary N) is 1. The van der Waals surface area contributed by atoms with Crippen molar-refractivity contribution in [2.45, 2.75) is 26.2 Å². The van der Waals surface area contributed by atoms with Gasteiger partial charge >= 0.3 is 5.97 Å². The third-order valence-corrected chi connectivity index (χ3v) is 4.81. The van der Waals surface area contributed by atoms with E-state index in [1.807, 2.05) is 59.5 Å². The number of rotatable bonds is 10. The molecule has 0 atom stereocenters. The molecule has 148 valence electrons. The van der Waals surface area contributed by atoms with Crippen molar-refractivity contribution in [3.8, 4) is 11.1 Å². The molecule has 1 amide bonds. The number of anilines is 1. The Morgan fingerprint density at radius 2 is 1.79 bits per heavy atom. The van der Waals surface area contributed by atoms with Crippen LogP contribution >= 0.6 is 0 Å². The molecule has 0 heterocycles. The van der Waals surface area contributed by atoms with Gasteiger partial charge in [0.05, 0.1) is 13.2 Å². The van der Waals surface area contributed by atoms with Gasteiger partial charge in [0, 0.05) is 30.8 Å². The molecular weight excluding hydrogens is 352 g/mol. The van der Waals surface area contributed by atoms with Crippen molar-refractivity contribution < 1.29 is 14.3 Å². The van der Waals surface area contributed by atoms with E-state index in [2.05, 4.69) is 5.32 Å². The molecule has 3 rings (SSSR count). The molecule has 0 saturated heterocycles. The van der Waals surface area contributed by atoms with Crippen LogP contribution in [0.1, 0.15) is 26.2 Å². The summed E-state index contributed by atoms with van der Waals surface area (Å²) in [6.45, 7) is 3.84. The van der Waals surface area contributed by atoms with E-state index in [0.717, 1.165) is 23.4 Å². The third kappa shape index (κ3) is 6.20. The Labute approximate surface area is 166 Å². The van der Waals surface area contributed by atoms with Gasteiger partial charge in [0.25, 0.3) is 0 Å². The van der Waals surface area contributed by atoms with E-state index in [4.69, 9.17) is 4.74 Å². The normalized spacial score (nSPS) is 13.4. The first-order valence-electron chi connectivity index (χ1n) is 9.98. The zero-order valence-electron chi connectivity index (χ0n) is 16.4. The zero-order valence-corrected chi connectivity index (χ0v) is 16.4. The highest BCUT2D eigenvalue weighted by Gasteiger charge is 2.25. The summed E-state index contributed by atoms with van der Waals surface area (Å²) in [5, 5.41) is 3.03. The Kier molecular flexibility index (Phi) is 7.20. The highest BCUT2D eigenvalue weighted by Crippen LogP contribution is 2.30. The van der Waals surface area contributed by atoms with Crippen molar-refractivity contribution in [2.24, 2.45) is 5.92 Å². The first-order valence-corrected chi connectivity index (χ1v) is 9.98. The molecule has 0 aromatic heterocycles. The topological polar surface area (TPSA) is 58.6 Å². The van der Waals surface area contributed by atoms with Gasteiger partial charge in [0.15, 0.2) is 0 Å². The van der Waals surface area contributed by atoms with E-state index < -0.39 is 0 Å². The average molecular weight is 380 g/mol. The minimum absolute atomic E-state index is 0.0481. The summed E-state index contributed by atoms with van der Waals surface area (Å²) in [7, 11) is 0. The largest absolute Gasteiger partial charge is 0.465 e. The Bertz CT molecular complexity index is 787. The minimum atomic E-state index is -0.224. The van der Waals surface area contributed by atoms with Gasteiger partial charge in [-0.05, 0) is 37.3 Å². The Hall–Kier alpha value is -2.66. The van der Waals surface area contributed by atoms with Crippen LogP contribution in [0, 0.1) is 5.92 Å². The molecule has 5 heteroatoms. The molecule has 0 spiro atoms. The Balaban J connectivity index is 1.58. The fourth-order valence-electron chi connectivity index (χ4n) is 3.22. The lowest BCUT2D eigenvalue weighted by Crippen LogP contribution is -2.35. The fourth-order valence-corrected chi connectivity index (χ4v) is 3.22. The zero-order chi connectivity index (χ0) is 19.8. The van der Waals surface area contributed by atoms with Crippen LogP contribution in [-0.2, 0) is 14.3 Å². The lowest BCUT2D eigenvalue weighted by atomic mass is 10.0. The van der Waals surface area contributed by atoms with Gasteiger partial charge in [-0.2, -0.15) is 0 Å². The van der Waals surface area contributed by atoms with Crippen LogP contribution in [0.25, 0.3) is 11.1 Å². The number of para-hydroxylation sites is 1. The smallest absolute Gasteiger partial charge is 0.320 e. The van der Waals surface area contributed by atoms with E-state index in [0.29, 0.717) is 25.5 Å². The molecule has 28 heavy (non-hydrogen) atoms. The predicted molar refractivity (Wildman–Crippen MR) is 111 cm³/mol. The average Bonchev–Trinajstić information content (AvgIpc) is 3.51. The summed E-state index contributed by atoms with van der Waals surface area (Å²) >= 11 is 0. The molecule has 1 aliphatic rings. The SMILES string of the molecule is CCOC(=O)CN(CCC(=O)Nc1ccccc1-c1ccccc1)CC1CC1. The van der Waals surface area contributed by atoms with Gasteiger partial charge in [-0.15, -0.1) is 0 Å². The van der Waals surface area contributed by atoms with Gasteiger partial charge in [-0.1, -0.05) is 48.5 Å². The van der Waals surface area contributed by atoms with Crippen LogP contribution < -0.4 is 5.32 Å². The highest BCUT2D eigenvalue weighted by molar-refractivity contribution is 5.95. The third-order valence-electron chi connectivity index (χ3n) is 4.81. The number of carbonyl (C=O) groups excluding carboxylic acids is 2. The second-order valence-electron chi connectivity index (χ2n) is 7.19. The van der Waals surface area contributed by atoms with E-state index in [9.17, 15) is 9.59 Å². The number of esters is 1. The molecule has 1 fully saturated rings. The van der Waals surface area contributed by atoms with Crippen molar-refractivity contribution in [1.29, 1.82) is 0 Å². The van der Waals surface area contributed by atoms with Gasteiger partial charge < -0.3 is 10.1 Å². The van der Waals surface area contributed by atoms with Crippen LogP contribution in [0.2, 0.25) is 0 Å². The molecule has 0 unspecified atom stereocenters. The minimum Gasteiger partial charge on any atom is -0.465 e. The summed E-state index contributed by atoms with van der Waals surface area (Å²) in [6, 6.07) is 17.8. The number of amides is 1. The number of carbonyl (C=O) groups is 2. The van der Waals surface area contributed by atoms with Crippen molar-refractivity contribution in [1.82, 2.24) is 4.90 Å². The number of hydrogen-bond donors (Lipinski definition) is 1. The van der Waals surface area contributed by atoms with Crippen molar-refractivity contribution in [2.75, 3.05) is 31.6 Å². The molecule has 2 aromatic rings. The molecule has 0 aliphatic heterocycles. The maximum atomic E-state index is 12.6. The van der Waals surface area contributed by atoms with Crippen molar-refractivity contribution in [3.05, 3.63) is 54.6 Å². The Morgan fingerprint density at radius 1 is 1.07 bits per heavy atom. The molecule has 1 aliphatic carbocycles. The monoisotopic (exact) mass is 380 g/mol. The second-order valence-corrected chi connectivity index (χ2v) is 7.19. The standard InChI is InChI=1S/C23H28N2O3/c1-2-28-23(27)17-25(16-18-12-13-18)15-14-22(26)24-21-11-7-6-10-20(21)19-8-4-3-5-9-19/h3-11,18H,2,12-17H2,1H3,(H,24,26). The van der Waals surface area contributed by atoms with Crippen LogP contribution in [0.5, 0.6) is 0 Å². The van der Waals surface area contributed by atoms with Crippen LogP contribution in [0.15, 0.2) is 54.6 Å². The molecule has 0 bridgehead atoms. The molecular formula is C23H28N2O3. The molecule has 5 nitrogen and oxygen atoms in total. The number of ether oxygens (including phenoxy) is 1. The molecule has 2 aromatic carbocycles. The fraction of sp³-hybridized carbons (Fsp3) is 0.391. The molecule has 1 N–H and O–H groups in total. The lowest BCUT2D eigenvalue weighted by molar-refractivity contribution is -0.144. The van der Waals surface area contributed by atoms with E-state index in [1.165, 1.54) is 12.8 Å². The molecule has 1 saturated carbocycles. The van der Waals surface area contributed by atoms with Crippen LogP contribution in [0.4, 0.5) is 5.69 Å². The lowest BCUT2D eigenvalue weighted by Gasteiger charge is -2.21. The first-order chi connectivity index (χ1) is 13.7. The Morgan fingerprint density at radius 3 is 2.50 bits per heavy atom. The number of nitrogens with zero attached hydrogens (tertiary/aromatic N) is 1. The van der Waals surface area contributed by atoms with E-state index in [-0.39, 0.29) is 18.4 Å². The highest BCUT2D eigenvalue weighted by atomic mass is 16.5. The van der Waals surface area contributed by atoms with Gasteiger partial charge in [-0.3, -0.25) is 14.5 Å². The van der Waals surface area contributed by atoms with E-state index >= 15 is 0 Å². The summed E-state index contributed by atoms with van der Waals surface area (Å²) < 4.78 is 5.06. The molecule has 0 radical (unpaired) electrons. The maximum absolute atomic E-state index is 12.6. The number of hydrogen-bond acceptors (Lipinski definition) is 4. The van der Waals surface area contributed by atoms with Gasteiger partial charge in [0.2, 0.25) is 5.91 Å². The van der Waals surface area contributed by atoms with Crippen LogP contribution in [0.3, 0.4) is 0 Å². The predicted octanol–water partition coefficient (Wildman–Crippen LogP) is 3.96. The quantitative estimate of drug-likeness (QED) is 0.634. The van der Waals surface area contributed by atoms with Crippen molar-refractivity contribution in [3.63, 3.8) is 0 Å². The van der Waals surface area contributed by atoms with Gasteiger partial charge in [0.1, 0.15) is 0 Å².